The molecule has 2 aromatic rings. The molecule has 0 saturated heterocycles. The molecule has 0 bridgehead atoms. The van der Waals surface area contributed by atoms with E-state index in [9.17, 15) is 0 Å². The van der Waals surface area contributed by atoms with Gasteiger partial charge < -0.3 is 14.4 Å². The third-order valence-electron chi connectivity index (χ3n) is 4.60. The molecule has 1 aliphatic heterocycles. The highest BCUT2D eigenvalue weighted by atomic mass is 16.5. The monoisotopic (exact) mass is 302 g/mol. The highest BCUT2D eigenvalue weighted by Gasteiger charge is 2.30. The molecule has 2 unspecified atom stereocenters. The van der Waals surface area contributed by atoms with Crippen LogP contribution in [-0.2, 0) is 19.4 Å². The topological polar surface area (TPSA) is 81.7 Å². The molecule has 4 rings (SSSR count). The third kappa shape index (κ3) is 2.54. The molecule has 2 aliphatic rings. The molecule has 0 aromatic carbocycles. The highest BCUT2D eigenvalue weighted by Crippen LogP contribution is 2.38. The number of aryl methyl sites for hydroxylation is 2. The molecule has 3 heterocycles. The number of nitrogens with zero attached hydrogens (tertiary/aromatic N) is 5. The number of hydrogen-bond donors (Lipinski definition) is 1. The first-order valence-electron chi connectivity index (χ1n) is 8.25. The van der Waals surface area contributed by atoms with Gasteiger partial charge in [0.05, 0.1) is 6.04 Å². The van der Waals surface area contributed by atoms with E-state index in [4.69, 9.17) is 4.52 Å². The fourth-order valence-electron chi connectivity index (χ4n) is 3.14. The molecule has 0 spiro atoms. The van der Waals surface area contributed by atoms with E-state index in [0.29, 0.717) is 17.9 Å². The average Bonchev–Trinajstić information content (AvgIpc) is 3.12. The van der Waals surface area contributed by atoms with Gasteiger partial charge in [0.2, 0.25) is 5.89 Å². The molecular formula is C15H22N6O. The highest BCUT2D eigenvalue weighted by molar-refractivity contribution is 5.05. The zero-order chi connectivity index (χ0) is 15.1. The quantitative estimate of drug-likeness (QED) is 0.906. The SMILES string of the molecule is CCc1nnc2n1CC(NC(C)c1nc(C3CC3)no1)CC2. The maximum absolute atomic E-state index is 5.41. The van der Waals surface area contributed by atoms with Crippen LogP contribution in [0.15, 0.2) is 4.52 Å². The van der Waals surface area contributed by atoms with Crippen LogP contribution in [0.25, 0.3) is 0 Å². The summed E-state index contributed by atoms with van der Waals surface area (Å²) in [5.41, 5.74) is 0. The van der Waals surface area contributed by atoms with Gasteiger partial charge in [-0.25, -0.2) is 0 Å². The summed E-state index contributed by atoms with van der Waals surface area (Å²) in [5, 5.41) is 16.2. The van der Waals surface area contributed by atoms with E-state index in [1.165, 1.54) is 12.8 Å². The van der Waals surface area contributed by atoms with Crippen molar-refractivity contribution in [2.45, 2.75) is 70.5 Å². The zero-order valence-corrected chi connectivity index (χ0v) is 13.1. The summed E-state index contributed by atoms with van der Waals surface area (Å²) in [6.45, 7) is 5.13. The van der Waals surface area contributed by atoms with Crippen LogP contribution in [0.4, 0.5) is 0 Å². The number of nitrogens with one attached hydrogen (secondary N) is 1. The lowest BCUT2D eigenvalue weighted by atomic mass is 10.1. The molecule has 2 aromatic heterocycles. The van der Waals surface area contributed by atoms with E-state index in [1.807, 2.05) is 0 Å². The van der Waals surface area contributed by atoms with Crippen molar-refractivity contribution in [3.05, 3.63) is 23.4 Å². The van der Waals surface area contributed by atoms with E-state index in [0.717, 1.165) is 43.3 Å². The van der Waals surface area contributed by atoms with Gasteiger partial charge in [-0.1, -0.05) is 12.1 Å². The summed E-state index contributed by atoms with van der Waals surface area (Å²) in [6.07, 6.45) is 5.34. The van der Waals surface area contributed by atoms with Gasteiger partial charge in [0.15, 0.2) is 5.82 Å². The second-order valence-electron chi connectivity index (χ2n) is 6.39. The Labute approximate surface area is 129 Å². The fraction of sp³-hybridized carbons (Fsp3) is 0.733. The Morgan fingerprint density at radius 3 is 2.95 bits per heavy atom. The lowest BCUT2D eigenvalue weighted by Gasteiger charge is -2.27. The number of hydrogen-bond acceptors (Lipinski definition) is 6. The van der Waals surface area contributed by atoms with Gasteiger partial charge >= 0.3 is 0 Å². The summed E-state index contributed by atoms with van der Waals surface area (Å²) >= 11 is 0. The van der Waals surface area contributed by atoms with Gasteiger partial charge in [0.1, 0.15) is 11.6 Å². The molecule has 1 N–H and O–H groups in total. The van der Waals surface area contributed by atoms with Crippen molar-refractivity contribution in [2.24, 2.45) is 0 Å². The van der Waals surface area contributed by atoms with Gasteiger partial charge in [-0.2, -0.15) is 4.98 Å². The molecule has 22 heavy (non-hydrogen) atoms. The van der Waals surface area contributed by atoms with E-state index >= 15 is 0 Å². The summed E-state index contributed by atoms with van der Waals surface area (Å²) < 4.78 is 7.66. The minimum Gasteiger partial charge on any atom is -0.338 e. The minimum atomic E-state index is 0.0770. The molecule has 118 valence electrons. The van der Waals surface area contributed by atoms with Crippen LogP contribution in [0, 0.1) is 0 Å². The van der Waals surface area contributed by atoms with Crippen LogP contribution < -0.4 is 5.32 Å². The molecule has 1 fully saturated rings. The molecule has 0 amide bonds. The van der Waals surface area contributed by atoms with Crippen molar-refractivity contribution in [3.63, 3.8) is 0 Å². The van der Waals surface area contributed by atoms with Crippen molar-refractivity contribution in [1.82, 2.24) is 30.2 Å². The lowest BCUT2D eigenvalue weighted by Crippen LogP contribution is -2.39. The molecule has 1 aliphatic carbocycles. The van der Waals surface area contributed by atoms with Gasteiger partial charge in [-0.3, -0.25) is 0 Å². The smallest absolute Gasteiger partial charge is 0.243 e. The first kappa shape index (κ1) is 13.9. The van der Waals surface area contributed by atoms with Crippen molar-refractivity contribution >= 4 is 0 Å². The predicted molar refractivity (Wildman–Crippen MR) is 79.3 cm³/mol. The predicted octanol–water partition coefficient (Wildman–Crippen LogP) is 1.77. The van der Waals surface area contributed by atoms with E-state index in [2.05, 4.69) is 44.1 Å². The van der Waals surface area contributed by atoms with Crippen LogP contribution >= 0.6 is 0 Å². The number of rotatable bonds is 5. The summed E-state index contributed by atoms with van der Waals surface area (Å²) in [5.74, 6) is 4.29. The second-order valence-corrected chi connectivity index (χ2v) is 6.39. The van der Waals surface area contributed by atoms with E-state index in [1.54, 1.807) is 0 Å². The van der Waals surface area contributed by atoms with E-state index < -0.39 is 0 Å². The summed E-state index contributed by atoms with van der Waals surface area (Å²) in [6, 6.07) is 0.466. The Morgan fingerprint density at radius 2 is 2.18 bits per heavy atom. The second kappa shape index (κ2) is 5.46. The maximum atomic E-state index is 5.41. The Balaban J connectivity index is 1.42. The molecule has 7 heteroatoms. The third-order valence-corrected chi connectivity index (χ3v) is 4.60. The van der Waals surface area contributed by atoms with E-state index in [-0.39, 0.29) is 6.04 Å². The molecule has 1 saturated carbocycles. The molecule has 0 radical (unpaired) electrons. The number of aromatic nitrogens is 5. The largest absolute Gasteiger partial charge is 0.338 e. The number of fused-ring (bicyclic) bond motifs is 1. The van der Waals surface area contributed by atoms with Crippen LogP contribution in [-0.4, -0.2) is 30.9 Å². The van der Waals surface area contributed by atoms with Crippen LogP contribution in [0.1, 0.15) is 68.4 Å². The van der Waals surface area contributed by atoms with Crippen molar-refractivity contribution in [1.29, 1.82) is 0 Å². The molecule has 2 atom stereocenters. The van der Waals surface area contributed by atoms with Crippen LogP contribution in [0.3, 0.4) is 0 Å². The van der Waals surface area contributed by atoms with Crippen LogP contribution in [0.5, 0.6) is 0 Å². The zero-order valence-electron chi connectivity index (χ0n) is 13.1. The normalized spacial score (nSPS) is 22.5. The maximum Gasteiger partial charge on any atom is 0.243 e. The van der Waals surface area contributed by atoms with Crippen molar-refractivity contribution in [2.75, 3.05) is 0 Å². The van der Waals surface area contributed by atoms with Crippen LogP contribution in [0.2, 0.25) is 0 Å². The standard InChI is InChI=1S/C15H22N6O/c1-3-12-18-19-13-7-6-11(8-21(12)13)16-9(2)15-17-14(20-22-15)10-4-5-10/h9-11,16H,3-8H2,1-2H3. The van der Waals surface area contributed by atoms with Gasteiger partial charge in [0, 0.05) is 31.3 Å². The minimum absolute atomic E-state index is 0.0770. The van der Waals surface area contributed by atoms with Crippen molar-refractivity contribution < 1.29 is 4.52 Å². The Bertz CT molecular complexity index is 645. The van der Waals surface area contributed by atoms with Gasteiger partial charge in [-0.05, 0) is 26.2 Å². The Hall–Kier alpha value is -1.76. The fourth-order valence-corrected chi connectivity index (χ4v) is 3.14. The molecule has 7 nitrogen and oxygen atoms in total. The average molecular weight is 302 g/mol. The van der Waals surface area contributed by atoms with Gasteiger partial charge in [-0.15, -0.1) is 10.2 Å². The van der Waals surface area contributed by atoms with Gasteiger partial charge in [0.25, 0.3) is 0 Å². The summed E-state index contributed by atoms with van der Waals surface area (Å²) in [7, 11) is 0. The Morgan fingerprint density at radius 1 is 1.32 bits per heavy atom. The summed E-state index contributed by atoms with van der Waals surface area (Å²) in [4.78, 5) is 4.53. The van der Waals surface area contributed by atoms with Crippen molar-refractivity contribution in [3.8, 4) is 0 Å². The lowest BCUT2D eigenvalue weighted by molar-refractivity contribution is 0.292. The first-order chi connectivity index (χ1) is 10.7. The first-order valence-corrected chi connectivity index (χ1v) is 8.25. The molecular weight excluding hydrogens is 280 g/mol. The Kier molecular flexibility index (Phi) is 3.44.